The van der Waals surface area contributed by atoms with Gasteiger partial charge in [0.05, 0.1) is 6.17 Å². The minimum Gasteiger partial charge on any atom is -0.475 e. The maximum absolute atomic E-state index is 15.5. The van der Waals surface area contributed by atoms with E-state index in [-0.39, 0.29) is 5.56 Å². The summed E-state index contributed by atoms with van der Waals surface area (Å²) in [6, 6.07) is 9.04. The standard InChI is InChI=1S/C23H24ClFN4O.2C2HF3O2/c1-27(2)20-8-10-29(20)28-13-17-4-6-19(21(25)22(17)26-14-28)23(30)9-7-15-11-18(24)5-3-16(15)12-23;2*3-2(4,5)1(6)7/h3-7,9,11,13,20,30H,8,10,12,14H2,1-2H3;2*(H,6,7). The van der Waals surface area contributed by atoms with Crippen molar-refractivity contribution in [3.63, 3.8) is 0 Å². The molecule has 2 unspecified atom stereocenters. The van der Waals surface area contributed by atoms with E-state index in [4.69, 9.17) is 31.4 Å². The Morgan fingerprint density at radius 3 is 2.14 bits per heavy atom. The van der Waals surface area contributed by atoms with Crippen LogP contribution in [0, 0.1) is 5.82 Å². The summed E-state index contributed by atoms with van der Waals surface area (Å²) in [6.45, 7) is 1.33. The third-order valence-corrected chi connectivity index (χ3v) is 6.99. The molecule has 0 aromatic heterocycles. The molecule has 9 nitrogen and oxygen atoms in total. The van der Waals surface area contributed by atoms with Crippen molar-refractivity contribution in [3.8, 4) is 0 Å². The molecule has 3 N–H and O–H groups in total. The van der Waals surface area contributed by atoms with Crippen LogP contribution in [0.25, 0.3) is 12.3 Å². The fourth-order valence-corrected chi connectivity index (χ4v) is 4.69. The number of fused-ring (bicyclic) bond motifs is 2. The zero-order valence-corrected chi connectivity index (χ0v) is 23.8. The van der Waals surface area contributed by atoms with Gasteiger partial charge in [-0.05, 0) is 49.9 Å². The van der Waals surface area contributed by atoms with Crippen molar-refractivity contribution in [2.75, 3.05) is 27.3 Å². The predicted molar refractivity (Wildman–Crippen MR) is 143 cm³/mol. The highest BCUT2D eigenvalue weighted by atomic mass is 35.5. The molecule has 0 bridgehead atoms. The number of halogens is 8. The van der Waals surface area contributed by atoms with Gasteiger partial charge in [0.2, 0.25) is 0 Å². The van der Waals surface area contributed by atoms with Gasteiger partial charge in [0.15, 0.2) is 5.82 Å². The fraction of sp³-hybridized carbons (Fsp3) is 0.370. The third kappa shape index (κ3) is 8.05. The number of carboxylic acid groups (broad SMARTS) is 2. The van der Waals surface area contributed by atoms with Crippen LogP contribution in [0.15, 0.2) is 41.4 Å². The maximum atomic E-state index is 15.5. The summed E-state index contributed by atoms with van der Waals surface area (Å²) in [4.78, 5) is 24.5. The second kappa shape index (κ2) is 13.1. The van der Waals surface area contributed by atoms with Crippen LogP contribution < -0.4 is 10.6 Å². The molecule has 17 heteroatoms. The van der Waals surface area contributed by atoms with E-state index in [2.05, 4.69) is 29.0 Å². The number of nitrogens with zero attached hydrogens (tertiary/aromatic N) is 4. The molecule has 5 rings (SSSR count). The van der Waals surface area contributed by atoms with Crippen molar-refractivity contribution >= 4 is 35.8 Å². The van der Waals surface area contributed by atoms with Crippen LogP contribution in [0.1, 0.15) is 23.1 Å². The van der Waals surface area contributed by atoms with Crippen molar-refractivity contribution in [3.05, 3.63) is 74.5 Å². The molecule has 0 amide bonds. The molecule has 2 aliphatic heterocycles. The SMILES string of the molecule is CN(C)C1CCN1N1C=c2ccc(C3(O)C=Cc4cc(Cl)ccc4C3)c(F)c2=NC1.O=C(O)C(F)(F)F.O=C(O)C(F)(F)F. The van der Waals surface area contributed by atoms with Crippen molar-refractivity contribution in [1.82, 2.24) is 14.9 Å². The lowest BCUT2D eigenvalue weighted by molar-refractivity contribution is -0.193. The number of carbonyl (C=O) groups is 2. The Morgan fingerprint density at radius 1 is 1.05 bits per heavy atom. The minimum atomic E-state index is -5.08. The topological polar surface area (TPSA) is 117 Å². The Hall–Kier alpha value is -3.73. The summed E-state index contributed by atoms with van der Waals surface area (Å²) in [5, 5.41) is 31.5. The van der Waals surface area contributed by atoms with Crippen LogP contribution in [0.5, 0.6) is 0 Å². The first-order valence-electron chi connectivity index (χ1n) is 12.6. The van der Waals surface area contributed by atoms with E-state index in [0.717, 1.165) is 29.3 Å². The highest BCUT2D eigenvalue weighted by Gasteiger charge is 2.39. The molecule has 2 aromatic rings. The number of rotatable bonds is 3. The largest absolute Gasteiger partial charge is 0.490 e. The van der Waals surface area contributed by atoms with E-state index in [1.807, 2.05) is 29.4 Å². The van der Waals surface area contributed by atoms with Gasteiger partial charge in [-0.1, -0.05) is 35.9 Å². The highest BCUT2D eigenvalue weighted by Crippen LogP contribution is 2.35. The first kappa shape index (κ1) is 34.8. The fourth-order valence-electron chi connectivity index (χ4n) is 4.51. The Labute approximate surface area is 250 Å². The number of hydrogen-bond acceptors (Lipinski definition) is 7. The first-order chi connectivity index (χ1) is 20.2. The summed E-state index contributed by atoms with van der Waals surface area (Å²) in [5.41, 5.74) is 0.715. The number of aliphatic hydroxyl groups is 1. The monoisotopic (exact) mass is 654 g/mol. The Morgan fingerprint density at radius 2 is 1.64 bits per heavy atom. The third-order valence-electron chi connectivity index (χ3n) is 6.75. The van der Waals surface area contributed by atoms with E-state index >= 15 is 4.39 Å². The highest BCUT2D eigenvalue weighted by molar-refractivity contribution is 6.30. The summed E-state index contributed by atoms with van der Waals surface area (Å²) >= 11 is 6.06. The van der Waals surface area contributed by atoms with E-state index in [1.54, 1.807) is 24.3 Å². The zero-order chi connectivity index (χ0) is 33.2. The molecule has 0 radical (unpaired) electrons. The van der Waals surface area contributed by atoms with Gasteiger partial charge in [-0.15, -0.1) is 0 Å². The molecule has 1 fully saturated rings. The molecule has 2 heterocycles. The zero-order valence-electron chi connectivity index (χ0n) is 23.0. The second-order valence-corrected chi connectivity index (χ2v) is 10.4. The van der Waals surface area contributed by atoms with Crippen LogP contribution in [-0.4, -0.2) is 88.0 Å². The molecule has 2 aromatic carbocycles. The average Bonchev–Trinajstić information content (AvgIpc) is 2.87. The van der Waals surface area contributed by atoms with Crippen LogP contribution in [0.3, 0.4) is 0 Å². The van der Waals surface area contributed by atoms with Gasteiger partial charge in [-0.2, -0.15) is 26.3 Å². The molecule has 0 spiro atoms. The predicted octanol–water partition coefficient (Wildman–Crippen LogP) is 3.34. The molecular weight excluding hydrogens is 629 g/mol. The van der Waals surface area contributed by atoms with Crippen molar-refractivity contribution in [1.29, 1.82) is 0 Å². The lowest BCUT2D eigenvalue weighted by atomic mass is 9.81. The molecule has 240 valence electrons. The normalized spacial score (nSPS) is 20.8. The van der Waals surface area contributed by atoms with Crippen molar-refractivity contribution < 1.29 is 55.6 Å². The average molecular weight is 655 g/mol. The van der Waals surface area contributed by atoms with Crippen molar-refractivity contribution in [2.45, 2.75) is 37.0 Å². The molecule has 1 saturated heterocycles. The summed E-state index contributed by atoms with van der Waals surface area (Å²) < 4.78 is 79.0. The quantitative estimate of drug-likeness (QED) is 0.432. The molecule has 1 aliphatic carbocycles. The van der Waals surface area contributed by atoms with Crippen LogP contribution >= 0.6 is 11.6 Å². The second-order valence-electron chi connectivity index (χ2n) is 10.0. The summed E-state index contributed by atoms with van der Waals surface area (Å²) in [6.07, 6.45) is -3.03. The lowest BCUT2D eigenvalue weighted by Gasteiger charge is -2.49. The van der Waals surface area contributed by atoms with Crippen LogP contribution in [0.2, 0.25) is 5.02 Å². The minimum absolute atomic E-state index is 0.249. The first-order valence-corrected chi connectivity index (χ1v) is 13.0. The number of hydrogen-bond donors (Lipinski definition) is 3. The van der Waals surface area contributed by atoms with Gasteiger partial charge in [-0.25, -0.2) is 19.0 Å². The van der Waals surface area contributed by atoms with Gasteiger partial charge in [-0.3, -0.25) is 14.9 Å². The number of alkyl halides is 6. The summed E-state index contributed by atoms with van der Waals surface area (Å²) in [5.74, 6) is -5.97. The van der Waals surface area contributed by atoms with Gasteiger partial charge in [0.1, 0.15) is 17.6 Å². The molecule has 3 aliphatic rings. The number of aliphatic carboxylic acids is 2. The summed E-state index contributed by atoms with van der Waals surface area (Å²) in [7, 11) is 4.12. The number of carboxylic acids is 2. The molecule has 0 saturated carbocycles. The number of benzene rings is 2. The maximum Gasteiger partial charge on any atom is 0.490 e. The van der Waals surface area contributed by atoms with Gasteiger partial charge < -0.3 is 15.3 Å². The molecular formula is C27H26ClF7N4O5. The van der Waals surface area contributed by atoms with Crippen LogP contribution in [0.4, 0.5) is 30.7 Å². The van der Waals surface area contributed by atoms with E-state index in [1.165, 1.54) is 0 Å². The smallest absolute Gasteiger partial charge is 0.475 e. The van der Waals surface area contributed by atoms with Gasteiger partial charge >= 0.3 is 24.3 Å². The van der Waals surface area contributed by atoms with Crippen molar-refractivity contribution in [2.24, 2.45) is 4.99 Å². The molecule has 2 atom stereocenters. The van der Waals surface area contributed by atoms with Crippen LogP contribution in [-0.2, 0) is 21.6 Å². The van der Waals surface area contributed by atoms with Gasteiger partial charge in [0, 0.05) is 35.0 Å². The molecule has 44 heavy (non-hydrogen) atoms. The van der Waals surface area contributed by atoms with Gasteiger partial charge in [0.25, 0.3) is 0 Å². The Balaban J connectivity index is 0.000000317. The Bertz CT molecular complexity index is 1540. The van der Waals surface area contributed by atoms with E-state index in [9.17, 15) is 31.4 Å². The number of hydrazine groups is 1. The van der Waals surface area contributed by atoms with E-state index < -0.39 is 35.7 Å². The Kier molecular flexibility index (Phi) is 10.3. The van der Waals surface area contributed by atoms with E-state index in [0.29, 0.717) is 29.6 Å². The lowest BCUT2D eigenvalue weighted by Crippen LogP contribution is -2.62.